The van der Waals surface area contributed by atoms with Crippen LogP contribution in [0.5, 0.6) is 0 Å². The van der Waals surface area contributed by atoms with E-state index in [1.165, 1.54) is 0 Å². The van der Waals surface area contributed by atoms with Crippen LogP contribution in [-0.4, -0.2) is 26.8 Å². The van der Waals surface area contributed by atoms with Crippen molar-refractivity contribution in [1.29, 1.82) is 0 Å². The Labute approximate surface area is 76.7 Å². The van der Waals surface area contributed by atoms with E-state index in [1.807, 2.05) is 0 Å². The molecule has 0 aliphatic heterocycles. The molecule has 0 aliphatic rings. The molecule has 0 aromatic heterocycles. The Bertz CT molecular complexity index is 73.0. The lowest BCUT2D eigenvalue weighted by Gasteiger charge is -2.16. The van der Waals surface area contributed by atoms with Crippen LogP contribution in [0, 0.1) is 0 Å². The third-order valence-electron chi connectivity index (χ3n) is 0.816. The monoisotopic (exact) mass is 250 g/mol. The maximum atomic E-state index is 5.77. The number of rotatable bonds is 4. The van der Waals surface area contributed by atoms with Crippen molar-refractivity contribution in [2.24, 2.45) is 0 Å². The second kappa shape index (κ2) is 4.96. The van der Waals surface area contributed by atoms with Gasteiger partial charge in [-0.2, -0.15) is 0 Å². The van der Waals surface area contributed by atoms with Gasteiger partial charge >= 0.3 is 0 Å². The van der Waals surface area contributed by atoms with Crippen LogP contribution in [0.15, 0.2) is 0 Å². The van der Waals surface area contributed by atoms with Gasteiger partial charge in [-0.25, -0.2) is 0 Å². The molecule has 0 aliphatic carbocycles. The van der Waals surface area contributed by atoms with Gasteiger partial charge in [0.15, 0.2) is 0 Å². The fourth-order valence-electron chi connectivity index (χ4n) is 0.422. The molecule has 0 bridgehead atoms. The molecule has 0 amide bonds. The number of halogens is 3. The molecule has 1 nitrogen and oxygen atoms in total. The van der Waals surface area contributed by atoms with E-state index in [1.54, 1.807) is 0 Å². The van der Waals surface area contributed by atoms with Crippen molar-refractivity contribution >= 4 is 49.6 Å². The van der Waals surface area contributed by atoms with Crippen molar-refractivity contribution in [1.82, 2.24) is 0 Å². The molecule has 0 aromatic carbocycles. The molecule has 0 saturated carbocycles. The molecule has 0 saturated heterocycles. The fourth-order valence-corrected chi connectivity index (χ4v) is 2.82. The van der Waals surface area contributed by atoms with E-state index in [0.717, 1.165) is 11.8 Å². The minimum absolute atomic E-state index is 0.438. The van der Waals surface area contributed by atoms with Gasteiger partial charge in [-0.3, -0.25) is 0 Å². The fraction of sp³-hybridized carbons (Fsp3) is 1.00. The van der Waals surface area contributed by atoms with Gasteiger partial charge in [-0.05, 0) is 6.42 Å². The highest BCUT2D eigenvalue weighted by atomic mass is 79.9. The van der Waals surface area contributed by atoms with Gasteiger partial charge in [-0.15, -0.1) is 0 Å². The number of alkyl halides is 3. The molecule has 9 heavy (non-hydrogen) atoms. The van der Waals surface area contributed by atoms with Crippen LogP contribution >= 0.6 is 39.1 Å². The Morgan fingerprint density at radius 1 is 1.56 bits per heavy atom. The van der Waals surface area contributed by atoms with E-state index in [2.05, 4.69) is 15.9 Å². The molecule has 0 radical (unpaired) electrons. The van der Waals surface area contributed by atoms with E-state index >= 15 is 0 Å². The van der Waals surface area contributed by atoms with Crippen LogP contribution in [0.3, 0.4) is 0 Å². The highest BCUT2D eigenvalue weighted by Gasteiger charge is 2.21. The minimum atomic E-state index is -0.689. The largest absolute Gasteiger partial charge is 0.425 e. The lowest BCUT2D eigenvalue weighted by Crippen LogP contribution is -2.20. The summed E-state index contributed by atoms with van der Waals surface area (Å²) >= 11 is 14.8. The summed E-state index contributed by atoms with van der Waals surface area (Å²) in [6.45, 7) is 0.438. The van der Waals surface area contributed by atoms with E-state index in [-0.39, 0.29) is 0 Å². The standard InChI is InChI=1S/C4H9BrCl2OSi/c5-2-1-4(6,7)3-8-9/h1-3H2,9H3. The second-order valence-electron chi connectivity index (χ2n) is 1.73. The molecule has 0 aromatic rings. The summed E-state index contributed by atoms with van der Waals surface area (Å²) in [5.41, 5.74) is 0. The van der Waals surface area contributed by atoms with Crippen LogP contribution in [-0.2, 0) is 4.43 Å². The number of hydrogen-bond donors (Lipinski definition) is 0. The van der Waals surface area contributed by atoms with Crippen molar-refractivity contribution in [3.8, 4) is 0 Å². The van der Waals surface area contributed by atoms with Crippen LogP contribution in [0.1, 0.15) is 6.42 Å². The molecule has 0 spiro atoms. The molecule has 0 N–H and O–H groups in total. The first-order valence-corrected chi connectivity index (χ1v) is 5.24. The van der Waals surface area contributed by atoms with Crippen LogP contribution in [0.25, 0.3) is 0 Å². The highest BCUT2D eigenvalue weighted by molar-refractivity contribution is 9.09. The lowest BCUT2D eigenvalue weighted by molar-refractivity contribution is 0.328. The predicted octanol–water partition coefficient (Wildman–Crippen LogP) is 1.24. The summed E-state index contributed by atoms with van der Waals surface area (Å²) in [4.78, 5) is 0. The Morgan fingerprint density at radius 2 is 2.11 bits per heavy atom. The quantitative estimate of drug-likeness (QED) is 0.540. The van der Waals surface area contributed by atoms with Gasteiger partial charge in [0.25, 0.3) is 0 Å². The van der Waals surface area contributed by atoms with Gasteiger partial charge in [0.1, 0.15) is 14.8 Å². The third-order valence-corrected chi connectivity index (χ3v) is 2.10. The molecule has 5 heteroatoms. The van der Waals surface area contributed by atoms with Crippen molar-refractivity contribution in [2.75, 3.05) is 11.9 Å². The molecule has 56 valence electrons. The van der Waals surface area contributed by atoms with Crippen molar-refractivity contribution < 1.29 is 4.43 Å². The van der Waals surface area contributed by atoms with Gasteiger partial charge in [-0.1, -0.05) is 39.1 Å². The molecule has 0 heterocycles. The zero-order valence-electron chi connectivity index (χ0n) is 5.16. The molecular weight excluding hydrogens is 243 g/mol. The Kier molecular flexibility index (Phi) is 5.65. The number of hydrogen-bond acceptors (Lipinski definition) is 1. The van der Waals surface area contributed by atoms with Crippen LogP contribution in [0.2, 0.25) is 0 Å². The minimum Gasteiger partial charge on any atom is -0.425 e. The first-order chi connectivity index (χ1) is 4.12. The summed E-state index contributed by atoms with van der Waals surface area (Å²) < 4.78 is 4.22. The van der Waals surface area contributed by atoms with Crippen molar-refractivity contribution in [3.05, 3.63) is 0 Å². The zero-order valence-corrected chi connectivity index (χ0v) is 10.3. The van der Waals surface area contributed by atoms with Gasteiger partial charge in [0.05, 0.1) is 6.61 Å². The maximum Gasteiger partial charge on any atom is 0.146 e. The predicted molar refractivity (Wildman–Crippen MR) is 48.7 cm³/mol. The van der Waals surface area contributed by atoms with Crippen LogP contribution in [0.4, 0.5) is 0 Å². The van der Waals surface area contributed by atoms with Gasteiger partial charge in [0, 0.05) is 5.33 Å². The summed E-state index contributed by atoms with van der Waals surface area (Å²) in [6.07, 6.45) is 0.721. The molecule has 0 rings (SSSR count). The normalized spacial score (nSPS) is 12.3. The van der Waals surface area contributed by atoms with Crippen molar-refractivity contribution in [2.45, 2.75) is 10.8 Å². The van der Waals surface area contributed by atoms with Gasteiger partial charge < -0.3 is 4.43 Å². The van der Waals surface area contributed by atoms with E-state index in [0.29, 0.717) is 17.1 Å². The summed E-state index contributed by atoms with van der Waals surface area (Å²) in [7, 11) is 0.693. The Hall–Kier alpha value is 1.24. The Balaban J connectivity index is 3.43. The third kappa shape index (κ3) is 5.67. The van der Waals surface area contributed by atoms with Gasteiger partial charge in [0.2, 0.25) is 0 Å². The molecular formula is C4H9BrCl2OSi. The SMILES string of the molecule is [SiH3]OCC(Cl)(Cl)CCBr. The average Bonchev–Trinajstić information content (AvgIpc) is 1.64. The smallest absolute Gasteiger partial charge is 0.146 e. The highest BCUT2D eigenvalue weighted by Crippen LogP contribution is 2.25. The molecule has 0 fully saturated rings. The average molecular weight is 252 g/mol. The van der Waals surface area contributed by atoms with E-state index in [9.17, 15) is 0 Å². The molecule has 0 atom stereocenters. The van der Waals surface area contributed by atoms with Crippen molar-refractivity contribution in [3.63, 3.8) is 0 Å². The van der Waals surface area contributed by atoms with Crippen LogP contribution < -0.4 is 0 Å². The zero-order chi connectivity index (χ0) is 7.33. The Morgan fingerprint density at radius 3 is 2.44 bits per heavy atom. The summed E-state index contributed by atoms with van der Waals surface area (Å²) in [5, 5.41) is 0.810. The first-order valence-electron chi connectivity index (χ1n) is 2.55. The van der Waals surface area contributed by atoms with E-state index in [4.69, 9.17) is 27.6 Å². The maximum absolute atomic E-state index is 5.77. The summed E-state index contributed by atoms with van der Waals surface area (Å²) in [6, 6.07) is 0. The summed E-state index contributed by atoms with van der Waals surface area (Å²) in [5.74, 6) is 0. The lowest BCUT2D eigenvalue weighted by atomic mass is 10.3. The molecule has 0 unspecified atom stereocenters. The topological polar surface area (TPSA) is 9.23 Å². The van der Waals surface area contributed by atoms with E-state index < -0.39 is 4.33 Å². The first kappa shape index (κ1) is 10.2. The second-order valence-corrected chi connectivity index (χ2v) is 4.74.